The number of hydrogen-bond acceptors (Lipinski definition) is 2. The number of aliphatic hydroxyl groups is 1. The largest absolute Gasteiger partial charge is 0.391 e. The fraction of sp³-hybridized carbons (Fsp3) is 1.00. The summed E-state index contributed by atoms with van der Waals surface area (Å²) in [6.07, 6.45) is 22.6. The number of aliphatic hydroxyl groups excluding tert-OH is 1. The van der Waals surface area contributed by atoms with Gasteiger partial charge in [-0.2, -0.15) is 0 Å². The van der Waals surface area contributed by atoms with Crippen molar-refractivity contribution in [3.8, 4) is 0 Å². The highest BCUT2D eigenvalue weighted by atomic mass is 16.5. The maximum absolute atomic E-state index is 9.00. The van der Waals surface area contributed by atoms with E-state index in [2.05, 4.69) is 21.0 Å². The lowest BCUT2D eigenvalue weighted by Gasteiger charge is -2.28. The normalized spacial score (nSPS) is 12.0. The Balaban J connectivity index is 3.09. The molecule has 0 aromatic carbocycles. The van der Waals surface area contributed by atoms with Gasteiger partial charge in [0, 0.05) is 6.61 Å². The van der Waals surface area contributed by atoms with Gasteiger partial charge in [0.05, 0.1) is 27.3 Å². The summed E-state index contributed by atoms with van der Waals surface area (Å²) in [7, 11) is 4.29. The van der Waals surface area contributed by atoms with E-state index in [0.717, 1.165) is 30.8 Å². The standard InChI is InChI=1S/C24H52NO2/c1-4-5-6-7-8-9-10-11-12-13-14-15-16-17-18-19-23-27-24-21-25(2,3)20-22-26/h26H,4-24H2,1-3H3/q+1. The smallest absolute Gasteiger partial charge is 0.102 e. The average Bonchev–Trinajstić information content (AvgIpc) is 2.63. The Morgan fingerprint density at radius 2 is 0.963 bits per heavy atom. The highest BCUT2D eigenvalue weighted by molar-refractivity contribution is 4.50. The molecule has 0 saturated heterocycles. The van der Waals surface area contributed by atoms with Crippen molar-refractivity contribution in [1.29, 1.82) is 0 Å². The Bertz CT molecular complexity index is 282. The maximum atomic E-state index is 9.00. The minimum atomic E-state index is 0.256. The van der Waals surface area contributed by atoms with E-state index in [-0.39, 0.29) is 6.61 Å². The summed E-state index contributed by atoms with van der Waals surface area (Å²) in [5, 5.41) is 9.00. The quantitative estimate of drug-likeness (QED) is 0.174. The van der Waals surface area contributed by atoms with Crippen LogP contribution in [0.15, 0.2) is 0 Å². The van der Waals surface area contributed by atoms with Crippen molar-refractivity contribution >= 4 is 0 Å². The van der Waals surface area contributed by atoms with E-state index < -0.39 is 0 Å². The van der Waals surface area contributed by atoms with E-state index in [0.29, 0.717) is 0 Å². The van der Waals surface area contributed by atoms with Gasteiger partial charge >= 0.3 is 0 Å². The molecule has 0 radical (unpaired) electrons. The van der Waals surface area contributed by atoms with E-state index in [1.807, 2.05) is 0 Å². The van der Waals surface area contributed by atoms with Crippen LogP contribution in [-0.2, 0) is 4.74 Å². The van der Waals surface area contributed by atoms with Crippen LogP contribution in [0.4, 0.5) is 0 Å². The zero-order chi connectivity index (χ0) is 20.1. The Hall–Kier alpha value is -0.120. The van der Waals surface area contributed by atoms with Gasteiger partial charge in [-0.3, -0.25) is 0 Å². The van der Waals surface area contributed by atoms with Gasteiger partial charge in [-0.25, -0.2) is 0 Å². The van der Waals surface area contributed by atoms with Crippen LogP contribution in [-0.4, -0.2) is 56.6 Å². The molecule has 164 valence electrons. The molecule has 0 spiro atoms. The van der Waals surface area contributed by atoms with Gasteiger partial charge in [-0.15, -0.1) is 0 Å². The van der Waals surface area contributed by atoms with Crippen LogP contribution < -0.4 is 0 Å². The van der Waals surface area contributed by atoms with Crippen LogP contribution in [0.25, 0.3) is 0 Å². The van der Waals surface area contributed by atoms with Gasteiger partial charge < -0.3 is 14.3 Å². The zero-order valence-electron chi connectivity index (χ0n) is 19.2. The fourth-order valence-corrected chi connectivity index (χ4v) is 3.55. The topological polar surface area (TPSA) is 29.5 Å². The molecule has 0 heterocycles. The third kappa shape index (κ3) is 22.0. The third-order valence-electron chi connectivity index (χ3n) is 5.69. The summed E-state index contributed by atoms with van der Waals surface area (Å²) in [6, 6.07) is 0. The van der Waals surface area contributed by atoms with E-state index >= 15 is 0 Å². The molecular formula is C24H52NO2+. The summed E-state index contributed by atoms with van der Waals surface area (Å²) in [6.45, 7) is 6.05. The molecule has 0 fully saturated rings. The van der Waals surface area contributed by atoms with Crippen molar-refractivity contribution in [2.24, 2.45) is 0 Å². The van der Waals surface area contributed by atoms with Crippen molar-refractivity contribution < 1.29 is 14.3 Å². The fourth-order valence-electron chi connectivity index (χ4n) is 3.55. The summed E-state index contributed by atoms with van der Waals surface area (Å²) in [4.78, 5) is 0. The van der Waals surface area contributed by atoms with E-state index in [1.54, 1.807) is 0 Å². The first-order valence-corrected chi connectivity index (χ1v) is 12.1. The summed E-state index contributed by atoms with van der Waals surface area (Å²) in [5.41, 5.74) is 0. The van der Waals surface area contributed by atoms with Crippen LogP contribution in [0.1, 0.15) is 110 Å². The molecule has 0 aliphatic carbocycles. The predicted octanol–water partition coefficient (Wildman–Crippen LogP) is 6.33. The molecule has 0 aliphatic heterocycles. The van der Waals surface area contributed by atoms with E-state index in [1.165, 1.54) is 103 Å². The third-order valence-corrected chi connectivity index (χ3v) is 5.69. The summed E-state index contributed by atoms with van der Waals surface area (Å²) < 4.78 is 6.58. The Morgan fingerprint density at radius 3 is 1.37 bits per heavy atom. The lowest BCUT2D eigenvalue weighted by Crippen LogP contribution is -2.44. The monoisotopic (exact) mass is 386 g/mol. The number of unbranched alkanes of at least 4 members (excludes halogenated alkanes) is 15. The molecule has 3 nitrogen and oxygen atoms in total. The van der Waals surface area contributed by atoms with Crippen molar-refractivity contribution in [2.45, 2.75) is 110 Å². The van der Waals surface area contributed by atoms with Gasteiger partial charge in [0.15, 0.2) is 0 Å². The lowest BCUT2D eigenvalue weighted by atomic mass is 10.0. The molecule has 27 heavy (non-hydrogen) atoms. The van der Waals surface area contributed by atoms with Crippen LogP contribution in [0.5, 0.6) is 0 Å². The molecule has 0 saturated carbocycles. The SMILES string of the molecule is CCCCCCCCCCCCCCCCCCOCC[N+](C)(C)CCO. The first-order valence-electron chi connectivity index (χ1n) is 12.1. The highest BCUT2D eigenvalue weighted by Gasteiger charge is 2.12. The molecule has 0 aromatic rings. The second-order valence-electron chi connectivity index (χ2n) is 9.02. The minimum absolute atomic E-state index is 0.256. The lowest BCUT2D eigenvalue weighted by molar-refractivity contribution is -0.891. The zero-order valence-corrected chi connectivity index (χ0v) is 19.2. The number of quaternary nitrogens is 1. The van der Waals surface area contributed by atoms with Crippen molar-refractivity contribution in [3.05, 3.63) is 0 Å². The van der Waals surface area contributed by atoms with Crippen molar-refractivity contribution in [3.63, 3.8) is 0 Å². The Kier molecular flexibility index (Phi) is 20.5. The molecular weight excluding hydrogens is 334 g/mol. The summed E-state index contributed by atoms with van der Waals surface area (Å²) in [5.74, 6) is 0. The van der Waals surface area contributed by atoms with Gasteiger partial charge in [0.25, 0.3) is 0 Å². The van der Waals surface area contributed by atoms with Crippen LogP contribution in [0, 0.1) is 0 Å². The molecule has 0 aliphatic rings. The first kappa shape index (κ1) is 26.9. The number of likely N-dealkylation sites (N-methyl/N-ethyl adjacent to an activating group) is 1. The summed E-state index contributed by atoms with van der Waals surface area (Å²) >= 11 is 0. The average molecular weight is 387 g/mol. The van der Waals surface area contributed by atoms with Gasteiger partial charge in [-0.1, -0.05) is 103 Å². The van der Waals surface area contributed by atoms with Gasteiger partial charge in [0.2, 0.25) is 0 Å². The molecule has 0 atom stereocenters. The maximum Gasteiger partial charge on any atom is 0.102 e. The van der Waals surface area contributed by atoms with Crippen molar-refractivity contribution in [2.75, 3.05) is 47.0 Å². The number of hydrogen-bond donors (Lipinski definition) is 1. The molecule has 0 amide bonds. The number of ether oxygens (including phenoxy) is 1. The minimum Gasteiger partial charge on any atom is -0.391 e. The molecule has 3 heteroatoms. The van der Waals surface area contributed by atoms with E-state index in [9.17, 15) is 0 Å². The molecule has 0 bridgehead atoms. The van der Waals surface area contributed by atoms with Crippen LogP contribution in [0.2, 0.25) is 0 Å². The van der Waals surface area contributed by atoms with Crippen LogP contribution in [0.3, 0.4) is 0 Å². The van der Waals surface area contributed by atoms with E-state index in [4.69, 9.17) is 9.84 Å². The highest BCUT2D eigenvalue weighted by Crippen LogP contribution is 2.13. The van der Waals surface area contributed by atoms with Gasteiger partial charge in [0.1, 0.15) is 13.1 Å². The second-order valence-corrected chi connectivity index (χ2v) is 9.02. The number of rotatable bonds is 22. The molecule has 0 rings (SSSR count). The predicted molar refractivity (Wildman–Crippen MR) is 119 cm³/mol. The Morgan fingerprint density at radius 1 is 0.556 bits per heavy atom. The van der Waals surface area contributed by atoms with Crippen molar-refractivity contribution in [1.82, 2.24) is 0 Å². The molecule has 0 unspecified atom stereocenters. The second kappa shape index (κ2) is 20.6. The Labute approximate surface area is 171 Å². The van der Waals surface area contributed by atoms with Gasteiger partial charge in [-0.05, 0) is 6.42 Å². The number of nitrogens with zero attached hydrogens (tertiary/aromatic N) is 1. The van der Waals surface area contributed by atoms with Crippen LogP contribution >= 0.6 is 0 Å². The first-order chi connectivity index (χ1) is 13.1. The molecule has 0 aromatic heterocycles. The molecule has 1 N–H and O–H groups in total.